The summed E-state index contributed by atoms with van der Waals surface area (Å²) in [5.74, 6) is -1.39. The van der Waals surface area contributed by atoms with Crippen molar-refractivity contribution in [2.75, 3.05) is 0 Å². The molecule has 5 nitrogen and oxygen atoms in total. The lowest BCUT2D eigenvalue weighted by Crippen LogP contribution is -2.00. The van der Waals surface area contributed by atoms with Gasteiger partial charge in [-0.1, -0.05) is 12.1 Å². The fourth-order valence-electron chi connectivity index (χ4n) is 2.52. The first-order valence-corrected chi connectivity index (χ1v) is 6.00. The van der Waals surface area contributed by atoms with E-state index in [1.54, 1.807) is 37.0 Å². The predicted octanol–water partition coefficient (Wildman–Crippen LogP) is 2.42. The predicted molar refractivity (Wildman–Crippen MR) is 72.0 cm³/mol. The molecule has 0 unspecified atom stereocenters. The Labute approximate surface area is 113 Å². The third-order valence-corrected chi connectivity index (χ3v) is 3.38. The molecule has 0 fully saturated rings. The molecule has 1 aromatic carbocycles. The fraction of sp³-hybridized carbons (Fsp3) is 0.143. The van der Waals surface area contributed by atoms with Gasteiger partial charge in [0, 0.05) is 31.2 Å². The number of aromatic nitrogens is 3. The van der Waals surface area contributed by atoms with Crippen LogP contribution in [0.5, 0.6) is 0 Å². The van der Waals surface area contributed by atoms with Crippen molar-refractivity contribution in [2.24, 2.45) is 14.1 Å². The van der Waals surface area contributed by atoms with Crippen LogP contribution in [-0.2, 0) is 14.1 Å². The highest BCUT2D eigenvalue weighted by Gasteiger charge is 2.21. The largest absolute Gasteiger partial charge is 0.478 e. The van der Waals surface area contributed by atoms with Crippen LogP contribution in [0.15, 0.2) is 30.6 Å². The van der Waals surface area contributed by atoms with Crippen LogP contribution >= 0.6 is 0 Å². The molecule has 0 radical (unpaired) electrons. The van der Waals surface area contributed by atoms with Crippen LogP contribution < -0.4 is 0 Å². The van der Waals surface area contributed by atoms with Crippen molar-refractivity contribution >= 4 is 16.9 Å². The van der Waals surface area contributed by atoms with Crippen LogP contribution in [0.3, 0.4) is 0 Å². The minimum atomic E-state index is -1.05. The molecule has 6 heteroatoms. The van der Waals surface area contributed by atoms with E-state index in [-0.39, 0.29) is 11.4 Å². The summed E-state index contributed by atoms with van der Waals surface area (Å²) in [5.41, 5.74) is 1.66. The molecular formula is C14H12FN3O2. The Balaban J connectivity index is 2.40. The minimum absolute atomic E-state index is 0.101. The van der Waals surface area contributed by atoms with Gasteiger partial charge < -0.3 is 9.67 Å². The third-order valence-electron chi connectivity index (χ3n) is 3.38. The van der Waals surface area contributed by atoms with Gasteiger partial charge in [-0.3, -0.25) is 4.68 Å². The zero-order chi connectivity index (χ0) is 14.4. The summed E-state index contributed by atoms with van der Waals surface area (Å²) >= 11 is 0. The van der Waals surface area contributed by atoms with E-state index >= 15 is 0 Å². The number of halogens is 1. The van der Waals surface area contributed by atoms with Gasteiger partial charge in [0.05, 0.1) is 17.4 Å². The SMILES string of the molecule is Cn1ncc(C(=O)O)c1-c1cn(C)c2c(F)cccc12. The summed E-state index contributed by atoms with van der Waals surface area (Å²) in [7, 11) is 3.39. The van der Waals surface area contributed by atoms with Crippen molar-refractivity contribution < 1.29 is 14.3 Å². The number of hydrogen-bond donors (Lipinski definition) is 1. The van der Waals surface area contributed by atoms with Crippen molar-refractivity contribution in [3.63, 3.8) is 0 Å². The average molecular weight is 273 g/mol. The molecule has 0 aliphatic carbocycles. The van der Waals surface area contributed by atoms with Crippen LogP contribution in [-0.4, -0.2) is 25.4 Å². The van der Waals surface area contributed by atoms with E-state index in [2.05, 4.69) is 5.10 Å². The van der Waals surface area contributed by atoms with Gasteiger partial charge in [0.1, 0.15) is 11.4 Å². The maximum atomic E-state index is 13.9. The lowest BCUT2D eigenvalue weighted by atomic mass is 10.1. The Bertz CT molecular complexity index is 832. The number of hydrogen-bond acceptors (Lipinski definition) is 2. The maximum absolute atomic E-state index is 13.9. The Morgan fingerprint density at radius 3 is 2.80 bits per heavy atom. The van der Waals surface area contributed by atoms with Crippen LogP contribution in [0.1, 0.15) is 10.4 Å². The molecule has 3 aromatic rings. The van der Waals surface area contributed by atoms with Crippen molar-refractivity contribution in [3.8, 4) is 11.3 Å². The highest BCUT2D eigenvalue weighted by Crippen LogP contribution is 2.33. The van der Waals surface area contributed by atoms with Gasteiger partial charge in [0.25, 0.3) is 0 Å². The molecule has 1 N–H and O–H groups in total. The van der Waals surface area contributed by atoms with Gasteiger partial charge in [0.2, 0.25) is 0 Å². The number of aromatic carboxylic acids is 1. The summed E-state index contributed by atoms with van der Waals surface area (Å²) < 4.78 is 17.0. The molecule has 0 spiro atoms. The number of rotatable bonds is 2. The van der Waals surface area contributed by atoms with Crippen LogP contribution in [0.2, 0.25) is 0 Å². The zero-order valence-corrected chi connectivity index (χ0v) is 11.0. The first-order valence-electron chi connectivity index (χ1n) is 6.00. The number of fused-ring (bicyclic) bond motifs is 1. The second-order valence-corrected chi connectivity index (χ2v) is 4.63. The monoisotopic (exact) mass is 273 g/mol. The molecule has 0 atom stereocenters. The molecule has 0 saturated heterocycles. The van der Waals surface area contributed by atoms with Gasteiger partial charge >= 0.3 is 5.97 Å². The van der Waals surface area contributed by atoms with Crippen LogP contribution in [0.25, 0.3) is 22.2 Å². The van der Waals surface area contributed by atoms with Crippen molar-refractivity contribution in [1.29, 1.82) is 0 Å². The highest BCUT2D eigenvalue weighted by molar-refractivity contribution is 6.02. The smallest absolute Gasteiger partial charge is 0.339 e. The summed E-state index contributed by atoms with van der Waals surface area (Å²) in [4.78, 5) is 11.3. The molecular weight excluding hydrogens is 261 g/mol. The van der Waals surface area contributed by atoms with Crippen molar-refractivity contribution in [1.82, 2.24) is 14.3 Å². The Kier molecular flexibility index (Phi) is 2.60. The Hall–Kier alpha value is -2.63. The molecule has 20 heavy (non-hydrogen) atoms. The van der Waals surface area contributed by atoms with Gasteiger partial charge in [-0.05, 0) is 6.07 Å². The first kappa shape index (κ1) is 12.4. The van der Waals surface area contributed by atoms with Crippen molar-refractivity contribution in [3.05, 3.63) is 42.0 Å². The molecule has 102 valence electrons. The molecule has 0 aliphatic rings. The van der Waals surface area contributed by atoms with E-state index in [1.165, 1.54) is 16.9 Å². The molecule has 0 amide bonds. The number of carboxylic acid groups (broad SMARTS) is 1. The Morgan fingerprint density at radius 2 is 2.10 bits per heavy atom. The van der Waals surface area contributed by atoms with E-state index in [1.807, 2.05) is 0 Å². The standard InChI is InChI=1S/C14H12FN3O2/c1-17-7-10(8-4-3-5-11(15)13(8)17)12-9(14(19)20)6-16-18(12)2/h3-7H,1-2H3,(H,19,20). The number of carboxylic acids is 1. The van der Waals surface area contributed by atoms with Gasteiger partial charge in [0.15, 0.2) is 0 Å². The summed E-state index contributed by atoms with van der Waals surface area (Å²) in [6, 6.07) is 4.76. The molecule has 3 rings (SSSR count). The van der Waals surface area contributed by atoms with Crippen LogP contribution in [0, 0.1) is 5.82 Å². The summed E-state index contributed by atoms with van der Waals surface area (Å²) in [6.07, 6.45) is 3.02. The molecule has 0 aliphatic heterocycles. The quantitative estimate of drug-likeness (QED) is 0.780. The van der Waals surface area contributed by atoms with E-state index < -0.39 is 5.97 Å². The topological polar surface area (TPSA) is 60.1 Å². The number of aryl methyl sites for hydroxylation is 2. The number of carbonyl (C=O) groups is 1. The molecule has 2 aromatic heterocycles. The first-order chi connectivity index (χ1) is 9.50. The minimum Gasteiger partial charge on any atom is -0.478 e. The van der Waals surface area contributed by atoms with E-state index in [9.17, 15) is 14.3 Å². The van der Waals surface area contributed by atoms with Gasteiger partial charge in [-0.25, -0.2) is 9.18 Å². The third kappa shape index (κ3) is 1.61. The number of para-hydroxylation sites is 1. The second kappa shape index (κ2) is 4.19. The molecule has 0 saturated carbocycles. The lowest BCUT2D eigenvalue weighted by molar-refractivity contribution is 0.0697. The summed E-state index contributed by atoms with van der Waals surface area (Å²) in [6.45, 7) is 0. The normalized spacial score (nSPS) is 11.2. The van der Waals surface area contributed by atoms with E-state index in [0.717, 1.165) is 0 Å². The van der Waals surface area contributed by atoms with Crippen molar-refractivity contribution in [2.45, 2.75) is 0 Å². The Morgan fingerprint density at radius 1 is 1.35 bits per heavy atom. The van der Waals surface area contributed by atoms with Gasteiger partial charge in [-0.2, -0.15) is 5.10 Å². The maximum Gasteiger partial charge on any atom is 0.339 e. The summed E-state index contributed by atoms with van der Waals surface area (Å²) in [5, 5.41) is 13.9. The molecule has 2 heterocycles. The second-order valence-electron chi connectivity index (χ2n) is 4.63. The lowest BCUT2D eigenvalue weighted by Gasteiger charge is -2.02. The van der Waals surface area contributed by atoms with E-state index in [4.69, 9.17) is 0 Å². The fourth-order valence-corrected chi connectivity index (χ4v) is 2.52. The highest BCUT2D eigenvalue weighted by atomic mass is 19.1. The number of benzene rings is 1. The van der Waals surface area contributed by atoms with Gasteiger partial charge in [-0.15, -0.1) is 0 Å². The van der Waals surface area contributed by atoms with E-state index in [0.29, 0.717) is 22.2 Å². The average Bonchev–Trinajstić information content (AvgIpc) is 2.91. The molecule has 0 bridgehead atoms. The zero-order valence-electron chi connectivity index (χ0n) is 11.0. The number of nitrogens with zero attached hydrogens (tertiary/aromatic N) is 3. The van der Waals surface area contributed by atoms with Crippen LogP contribution in [0.4, 0.5) is 4.39 Å².